The first-order valence-corrected chi connectivity index (χ1v) is 10.1. The van der Waals surface area contributed by atoms with Crippen LogP contribution in [-0.2, 0) is 16.1 Å². The molecule has 7 nitrogen and oxygen atoms in total. The van der Waals surface area contributed by atoms with Gasteiger partial charge in [0.05, 0.1) is 23.0 Å². The van der Waals surface area contributed by atoms with E-state index in [2.05, 4.69) is 34.6 Å². The number of benzene rings is 1. The van der Waals surface area contributed by atoms with Gasteiger partial charge in [-0.25, -0.2) is 9.67 Å². The first-order chi connectivity index (χ1) is 14.2. The molecular formula is C22H25N5O2. The minimum atomic E-state index is -0.175. The lowest BCUT2D eigenvalue weighted by Crippen LogP contribution is -2.45. The van der Waals surface area contributed by atoms with Crippen molar-refractivity contribution < 1.29 is 9.57 Å². The van der Waals surface area contributed by atoms with Gasteiger partial charge in [-0.1, -0.05) is 23.4 Å². The summed E-state index contributed by atoms with van der Waals surface area (Å²) in [5.41, 5.74) is 4.61. The van der Waals surface area contributed by atoms with Gasteiger partial charge in [0.15, 0.2) is 5.65 Å². The van der Waals surface area contributed by atoms with Gasteiger partial charge >= 0.3 is 0 Å². The Balaban J connectivity index is 1.50. The van der Waals surface area contributed by atoms with E-state index in [9.17, 15) is 0 Å². The number of nitrogens with one attached hydrogen (secondary N) is 1. The molecule has 0 radical (unpaired) electrons. The molecule has 1 N–H and O–H groups in total. The molecule has 1 saturated carbocycles. The zero-order valence-electron chi connectivity index (χ0n) is 16.8. The van der Waals surface area contributed by atoms with Gasteiger partial charge in [0.1, 0.15) is 5.60 Å². The fourth-order valence-corrected chi connectivity index (χ4v) is 4.51. The predicted octanol–water partition coefficient (Wildman–Crippen LogP) is 4.11. The number of anilines is 2. The molecule has 0 amide bonds. The number of rotatable bonds is 6. The second-order valence-corrected chi connectivity index (χ2v) is 7.95. The summed E-state index contributed by atoms with van der Waals surface area (Å²) in [6.07, 6.45) is 6.54. The summed E-state index contributed by atoms with van der Waals surface area (Å²) in [6, 6.07) is 10.2. The minimum Gasteiger partial charge on any atom is -0.389 e. The predicted molar refractivity (Wildman–Crippen MR) is 112 cm³/mol. The number of para-hydroxylation sites is 1. The molecule has 1 aromatic carbocycles. The Hall–Kier alpha value is -2.93. The van der Waals surface area contributed by atoms with Crippen LogP contribution in [0.1, 0.15) is 31.7 Å². The summed E-state index contributed by atoms with van der Waals surface area (Å²) in [5, 5.41) is 13.5. The number of pyridine rings is 1. The monoisotopic (exact) mass is 391 g/mol. The van der Waals surface area contributed by atoms with E-state index >= 15 is 0 Å². The highest BCUT2D eigenvalue weighted by atomic mass is 16.7. The Morgan fingerprint density at radius 1 is 1.24 bits per heavy atom. The second-order valence-electron chi connectivity index (χ2n) is 7.95. The molecule has 1 spiro atoms. The fraction of sp³-hybridized carbons (Fsp3) is 0.409. The molecule has 2 aromatic heterocycles. The molecule has 2 aliphatic rings. The Kier molecular flexibility index (Phi) is 4.47. The SMILES string of the molecule is CCn1ncc2c(Nc3ccccc3)c(C3=NOC4(C3)CC(COC)C4)cnc21. The van der Waals surface area contributed by atoms with Crippen molar-refractivity contribution in [1.82, 2.24) is 14.8 Å². The van der Waals surface area contributed by atoms with Crippen molar-refractivity contribution in [2.24, 2.45) is 11.1 Å². The number of nitrogens with zero attached hydrogens (tertiary/aromatic N) is 4. The van der Waals surface area contributed by atoms with Gasteiger partial charge in [-0.2, -0.15) is 5.10 Å². The van der Waals surface area contributed by atoms with Crippen LogP contribution in [-0.4, -0.2) is 39.8 Å². The van der Waals surface area contributed by atoms with Crippen LogP contribution in [0.15, 0.2) is 47.9 Å². The molecule has 3 aromatic rings. The molecule has 0 unspecified atom stereocenters. The smallest absolute Gasteiger partial charge is 0.159 e. The molecule has 5 rings (SSSR count). The van der Waals surface area contributed by atoms with E-state index < -0.39 is 0 Å². The maximum absolute atomic E-state index is 5.92. The van der Waals surface area contributed by atoms with E-state index in [1.165, 1.54) is 0 Å². The zero-order chi connectivity index (χ0) is 19.8. The first kappa shape index (κ1) is 18.1. The van der Waals surface area contributed by atoms with Crippen molar-refractivity contribution in [2.45, 2.75) is 38.3 Å². The van der Waals surface area contributed by atoms with E-state index in [0.717, 1.165) is 66.1 Å². The normalized spacial score (nSPS) is 23.1. The summed E-state index contributed by atoms with van der Waals surface area (Å²) < 4.78 is 7.19. The van der Waals surface area contributed by atoms with Crippen LogP contribution in [0.2, 0.25) is 0 Å². The molecule has 0 atom stereocenters. The van der Waals surface area contributed by atoms with Crippen LogP contribution in [0.4, 0.5) is 11.4 Å². The number of aromatic nitrogens is 3. The lowest BCUT2D eigenvalue weighted by Gasteiger charge is -2.42. The van der Waals surface area contributed by atoms with Gasteiger partial charge in [-0.3, -0.25) is 0 Å². The molecule has 7 heteroatoms. The van der Waals surface area contributed by atoms with E-state index in [-0.39, 0.29) is 5.60 Å². The number of aryl methyl sites for hydroxylation is 1. The third-order valence-electron chi connectivity index (χ3n) is 5.88. The van der Waals surface area contributed by atoms with Gasteiger partial charge in [-0.05, 0) is 37.8 Å². The topological polar surface area (TPSA) is 73.6 Å². The van der Waals surface area contributed by atoms with Crippen LogP contribution in [0.3, 0.4) is 0 Å². The molecule has 29 heavy (non-hydrogen) atoms. The van der Waals surface area contributed by atoms with E-state index in [4.69, 9.17) is 14.6 Å². The number of ether oxygens (including phenoxy) is 1. The molecule has 1 fully saturated rings. The molecule has 1 aliphatic heterocycles. The van der Waals surface area contributed by atoms with E-state index in [1.807, 2.05) is 35.3 Å². The Labute approximate surface area is 169 Å². The number of oxime groups is 1. The Morgan fingerprint density at radius 3 is 2.83 bits per heavy atom. The highest BCUT2D eigenvalue weighted by Gasteiger charge is 2.51. The van der Waals surface area contributed by atoms with Crippen LogP contribution in [0.25, 0.3) is 11.0 Å². The van der Waals surface area contributed by atoms with Crippen LogP contribution in [0, 0.1) is 5.92 Å². The third-order valence-corrected chi connectivity index (χ3v) is 5.88. The standard InChI is InChI=1S/C22H25N5O2/c1-3-27-21-18(13-24-27)20(25-16-7-5-4-6-8-16)17(12-23-21)19-11-22(29-26-19)9-15(10-22)14-28-2/h4-8,12-13,15H,3,9-11,14H2,1-2H3,(H,23,25). The molecule has 3 heterocycles. The van der Waals surface area contributed by atoms with Crippen molar-refractivity contribution in [2.75, 3.05) is 19.0 Å². The molecule has 150 valence electrons. The van der Waals surface area contributed by atoms with Gasteiger partial charge in [0.2, 0.25) is 0 Å². The van der Waals surface area contributed by atoms with Crippen molar-refractivity contribution in [3.63, 3.8) is 0 Å². The quantitative estimate of drug-likeness (QED) is 0.684. The van der Waals surface area contributed by atoms with E-state index in [0.29, 0.717) is 5.92 Å². The molecular weight excluding hydrogens is 366 g/mol. The molecule has 0 saturated heterocycles. The highest BCUT2D eigenvalue weighted by molar-refractivity contribution is 6.11. The summed E-state index contributed by atoms with van der Waals surface area (Å²) in [4.78, 5) is 10.6. The Bertz CT molecular complexity index is 1050. The minimum absolute atomic E-state index is 0.175. The maximum Gasteiger partial charge on any atom is 0.159 e. The number of fused-ring (bicyclic) bond motifs is 1. The average Bonchev–Trinajstić information content (AvgIpc) is 3.34. The fourth-order valence-electron chi connectivity index (χ4n) is 4.51. The van der Waals surface area contributed by atoms with Crippen molar-refractivity contribution in [3.8, 4) is 0 Å². The highest BCUT2D eigenvalue weighted by Crippen LogP contribution is 2.48. The van der Waals surface area contributed by atoms with Gasteiger partial charge in [0.25, 0.3) is 0 Å². The maximum atomic E-state index is 5.92. The lowest BCUT2D eigenvalue weighted by atomic mass is 9.68. The second kappa shape index (κ2) is 7.15. The third kappa shape index (κ3) is 3.15. The van der Waals surface area contributed by atoms with Gasteiger partial charge in [-0.15, -0.1) is 0 Å². The van der Waals surface area contributed by atoms with Gasteiger partial charge in [0, 0.05) is 44.1 Å². The number of hydrogen-bond acceptors (Lipinski definition) is 6. The summed E-state index contributed by atoms with van der Waals surface area (Å²) in [5.74, 6) is 0.555. The van der Waals surface area contributed by atoms with Crippen LogP contribution in [0.5, 0.6) is 0 Å². The van der Waals surface area contributed by atoms with Crippen molar-refractivity contribution in [3.05, 3.63) is 48.3 Å². The summed E-state index contributed by atoms with van der Waals surface area (Å²) in [7, 11) is 1.75. The number of methoxy groups -OCH3 is 1. The average molecular weight is 391 g/mol. The zero-order valence-corrected chi connectivity index (χ0v) is 16.8. The van der Waals surface area contributed by atoms with Crippen LogP contribution < -0.4 is 5.32 Å². The van der Waals surface area contributed by atoms with Crippen LogP contribution >= 0.6 is 0 Å². The van der Waals surface area contributed by atoms with Crippen molar-refractivity contribution in [1.29, 1.82) is 0 Å². The number of hydrogen-bond donors (Lipinski definition) is 1. The van der Waals surface area contributed by atoms with Gasteiger partial charge < -0.3 is 14.9 Å². The lowest BCUT2D eigenvalue weighted by molar-refractivity contribution is -0.120. The largest absolute Gasteiger partial charge is 0.389 e. The molecule has 0 bridgehead atoms. The first-order valence-electron chi connectivity index (χ1n) is 10.1. The van der Waals surface area contributed by atoms with E-state index in [1.54, 1.807) is 7.11 Å². The summed E-state index contributed by atoms with van der Waals surface area (Å²) in [6.45, 7) is 3.62. The summed E-state index contributed by atoms with van der Waals surface area (Å²) >= 11 is 0. The Morgan fingerprint density at radius 2 is 2.07 bits per heavy atom. The molecule has 1 aliphatic carbocycles. The van der Waals surface area contributed by atoms with Crippen molar-refractivity contribution >= 4 is 28.1 Å².